The highest BCUT2D eigenvalue weighted by Gasteiger charge is 2.37. The van der Waals surface area contributed by atoms with Crippen molar-refractivity contribution in [3.63, 3.8) is 0 Å². The molecular weight excluding hydrogens is 426 g/mol. The van der Waals surface area contributed by atoms with E-state index in [9.17, 15) is 9.59 Å². The van der Waals surface area contributed by atoms with Gasteiger partial charge in [0, 0.05) is 24.4 Å². The van der Waals surface area contributed by atoms with Crippen molar-refractivity contribution < 1.29 is 14.3 Å². The number of halogens is 1. The fourth-order valence-electron chi connectivity index (χ4n) is 4.24. The van der Waals surface area contributed by atoms with Crippen molar-refractivity contribution in [2.45, 2.75) is 25.9 Å². The monoisotopic (exact) mass is 451 g/mol. The van der Waals surface area contributed by atoms with E-state index >= 15 is 0 Å². The van der Waals surface area contributed by atoms with Crippen LogP contribution in [0.1, 0.15) is 31.1 Å². The number of carbonyl (C=O) groups excluding carboxylic acids is 2. The second-order valence-electron chi connectivity index (χ2n) is 8.06. The average molecular weight is 452 g/mol. The summed E-state index contributed by atoms with van der Waals surface area (Å²) in [5.74, 6) is -0.392. The molecule has 4 rings (SSSR count). The highest BCUT2D eigenvalue weighted by molar-refractivity contribution is 6.30. The van der Waals surface area contributed by atoms with Crippen molar-refractivity contribution in [1.82, 2.24) is 9.47 Å². The number of fused-ring (bicyclic) bond motifs is 3. The third-order valence-electron chi connectivity index (χ3n) is 5.67. The Bertz CT molecular complexity index is 1140. The number of nitrogens with zero attached hydrogens (tertiary/aromatic N) is 3. The van der Waals surface area contributed by atoms with Gasteiger partial charge in [0.2, 0.25) is 11.8 Å². The van der Waals surface area contributed by atoms with Crippen LogP contribution in [0.3, 0.4) is 0 Å². The van der Waals surface area contributed by atoms with Crippen molar-refractivity contribution >= 4 is 29.1 Å². The molecule has 1 unspecified atom stereocenters. The zero-order valence-corrected chi connectivity index (χ0v) is 19.1. The van der Waals surface area contributed by atoms with Gasteiger partial charge in [0.15, 0.2) is 0 Å². The Morgan fingerprint density at radius 1 is 1.06 bits per heavy atom. The number of hydrogen-bond donors (Lipinski definition) is 0. The van der Waals surface area contributed by atoms with Gasteiger partial charge in [0.1, 0.15) is 19.2 Å². The topological polar surface area (TPSA) is 54.8 Å². The quantitative estimate of drug-likeness (QED) is 0.556. The van der Waals surface area contributed by atoms with Crippen LogP contribution >= 0.6 is 11.6 Å². The van der Waals surface area contributed by atoms with E-state index in [-0.39, 0.29) is 37.0 Å². The summed E-state index contributed by atoms with van der Waals surface area (Å²) in [4.78, 5) is 29.8. The first kappa shape index (κ1) is 22.1. The van der Waals surface area contributed by atoms with Gasteiger partial charge < -0.3 is 14.2 Å². The SMILES string of the molecule is COCC(=O)N(CC(=O)N1c2ccccc2-n2cccc2C1c1cccc(Cl)c1)C(C)C. The van der Waals surface area contributed by atoms with E-state index in [1.54, 1.807) is 9.80 Å². The van der Waals surface area contributed by atoms with E-state index < -0.39 is 0 Å². The second-order valence-corrected chi connectivity index (χ2v) is 8.50. The molecule has 2 heterocycles. The smallest absolute Gasteiger partial charge is 0.249 e. The maximum Gasteiger partial charge on any atom is 0.249 e. The van der Waals surface area contributed by atoms with Crippen LogP contribution in [0.25, 0.3) is 5.69 Å². The molecule has 32 heavy (non-hydrogen) atoms. The van der Waals surface area contributed by atoms with E-state index in [1.807, 2.05) is 80.7 Å². The van der Waals surface area contributed by atoms with E-state index in [0.717, 1.165) is 22.6 Å². The van der Waals surface area contributed by atoms with Crippen molar-refractivity contribution in [1.29, 1.82) is 0 Å². The minimum atomic E-state index is -0.377. The number of para-hydroxylation sites is 2. The van der Waals surface area contributed by atoms with Gasteiger partial charge in [-0.3, -0.25) is 14.5 Å². The molecule has 1 aromatic heterocycles. The van der Waals surface area contributed by atoms with Gasteiger partial charge in [-0.05, 0) is 55.8 Å². The Morgan fingerprint density at radius 3 is 2.50 bits per heavy atom. The first-order valence-corrected chi connectivity index (χ1v) is 10.9. The number of anilines is 1. The summed E-state index contributed by atoms with van der Waals surface area (Å²) in [5.41, 5.74) is 3.56. The molecule has 1 atom stereocenters. The van der Waals surface area contributed by atoms with Crippen molar-refractivity contribution in [3.8, 4) is 5.69 Å². The van der Waals surface area contributed by atoms with Crippen molar-refractivity contribution in [3.05, 3.63) is 83.1 Å². The number of aromatic nitrogens is 1. The molecule has 0 bridgehead atoms. The lowest BCUT2D eigenvalue weighted by molar-refractivity contribution is -0.140. The molecule has 1 aliphatic heterocycles. The number of benzene rings is 2. The van der Waals surface area contributed by atoms with Gasteiger partial charge in [0.05, 0.1) is 17.1 Å². The number of ether oxygens (including phenoxy) is 1. The first-order chi connectivity index (χ1) is 15.4. The molecule has 6 nitrogen and oxygen atoms in total. The summed E-state index contributed by atoms with van der Waals surface area (Å²) in [6, 6.07) is 18.8. The fraction of sp³-hybridized carbons (Fsp3) is 0.280. The van der Waals surface area contributed by atoms with Gasteiger partial charge in [-0.1, -0.05) is 35.9 Å². The van der Waals surface area contributed by atoms with Crippen LogP contribution in [0.4, 0.5) is 5.69 Å². The van der Waals surface area contributed by atoms with Crippen LogP contribution in [-0.4, -0.2) is 47.6 Å². The Balaban J connectivity index is 1.82. The molecule has 2 amide bonds. The maximum atomic E-state index is 13.8. The molecule has 7 heteroatoms. The third-order valence-corrected chi connectivity index (χ3v) is 5.90. The van der Waals surface area contributed by atoms with Crippen LogP contribution in [0.5, 0.6) is 0 Å². The zero-order valence-electron chi connectivity index (χ0n) is 18.4. The van der Waals surface area contributed by atoms with E-state index in [4.69, 9.17) is 16.3 Å². The summed E-state index contributed by atoms with van der Waals surface area (Å²) < 4.78 is 7.12. The summed E-state index contributed by atoms with van der Waals surface area (Å²) in [6.45, 7) is 3.67. The molecule has 1 aliphatic rings. The molecule has 0 saturated heterocycles. The lowest BCUT2D eigenvalue weighted by Crippen LogP contribution is -2.49. The van der Waals surface area contributed by atoms with Crippen molar-refractivity contribution in [2.24, 2.45) is 0 Å². The molecule has 166 valence electrons. The molecule has 3 aromatic rings. The lowest BCUT2D eigenvalue weighted by atomic mass is 9.97. The van der Waals surface area contributed by atoms with Crippen molar-refractivity contribution in [2.75, 3.05) is 25.2 Å². The van der Waals surface area contributed by atoms with Gasteiger partial charge in [-0.15, -0.1) is 0 Å². The number of amides is 2. The normalized spacial score (nSPS) is 14.8. The van der Waals surface area contributed by atoms with Crippen LogP contribution in [-0.2, 0) is 14.3 Å². The van der Waals surface area contributed by atoms with Gasteiger partial charge >= 0.3 is 0 Å². The Kier molecular flexibility index (Phi) is 6.35. The summed E-state index contributed by atoms with van der Waals surface area (Å²) in [7, 11) is 1.47. The highest BCUT2D eigenvalue weighted by Crippen LogP contribution is 2.42. The molecule has 0 radical (unpaired) electrons. The average Bonchev–Trinajstić information content (AvgIpc) is 3.26. The zero-order chi connectivity index (χ0) is 22.8. The van der Waals surface area contributed by atoms with Gasteiger partial charge in [0.25, 0.3) is 0 Å². The molecule has 2 aromatic carbocycles. The van der Waals surface area contributed by atoms with Gasteiger partial charge in [-0.2, -0.15) is 0 Å². The van der Waals surface area contributed by atoms with Gasteiger partial charge in [-0.25, -0.2) is 0 Å². The van der Waals surface area contributed by atoms with Crippen LogP contribution < -0.4 is 4.90 Å². The number of rotatable bonds is 6. The van der Waals surface area contributed by atoms with E-state index in [0.29, 0.717) is 5.02 Å². The Labute approximate surface area is 193 Å². The standard InChI is InChI=1S/C25H26ClN3O3/c1-17(2)28(24(31)16-32-3)15-23(30)29-21-11-5-4-10-20(21)27-13-7-12-22(27)25(29)18-8-6-9-19(26)14-18/h4-14,17,25H,15-16H2,1-3H3. The Hall–Kier alpha value is -3.09. The molecule has 0 aliphatic carbocycles. The summed E-state index contributed by atoms with van der Waals surface area (Å²) >= 11 is 6.32. The minimum absolute atomic E-state index is 0.0496. The summed E-state index contributed by atoms with van der Waals surface area (Å²) in [5, 5.41) is 0.603. The third kappa shape index (κ3) is 4.04. The molecule has 0 saturated carbocycles. The van der Waals surface area contributed by atoms with E-state index in [1.165, 1.54) is 7.11 Å². The molecular formula is C25H26ClN3O3. The maximum absolute atomic E-state index is 13.8. The van der Waals surface area contributed by atoms with Crippen LogP contribution in [0.2, 0.25) is 5.02 Å². The van der Waals surface area contributed by atoms with E-state index in [2.05, 4.69) is 4.57 Å². The number of hydrogen-bond acceptors (Lipinski definition) is 3. The minimum Gasteiger partial charge on any atom is -0.375 e. The Morgan fingerprint density at radius 2 is 1.81 bits per heavy atom. The first-order valence-electron chi connectivity index (χ1n) is 10.5. The second kappa shape index (κ2) is 9.18. The van der Waals surface area contributed by atoms with Crippen LogP contribution in [0, 0.1) is 0 Å². The largest absolute Gasteiger partial charge is 0.375 e. The molecule has 0 fully saturated rings. The van der Waals surface area contributed by atoms with Crippen LogP contribution in [0.15, 0.2) is 66.9 Å². The number of carbonyl (C=O) groups is 2. The molecule has 0 spiro atoms. The fourth-order valence-corrected chi connectivity index (χ4v) is 4.44. The predicted molar refractivity (Wildman–Crippen MR) is 125 cm³/mol. The molecule has 0 N–H and O–H groups in total. The number of methoxy groups -OCH3 is 1. The predicted octanol–water partition coefficient (Wildman–Crippen LogP) is 4.45. The highest BCUT2D eigenvalue weighted by atomic mass is 35.5. The lowest BCUT2D eigenvalue weighted by Gasteiger charge is -2.40. The summed E-state index contributed by atoms with van der Waals surface area (Å²) in [6.07, 6.45) is 2.00.